The van der Waals surface area contributed by atoms with Crippen molar-refractivity contribution in [2.24, 2.45) is 5.73 Å². The number of nitrogens with zero attached hydrogens (tertiary/aromatic N) is 2. The van der Waals surface area contributed by atoms with Crippen LogP contribution in [0.5, 0.6) is 0 Å². The highest BCUT2D eigenvalue weighted by atomic mass is 35.5. The number of aryl methyl sites for hydroxylation is 1. The van der Waals surface area contributed by atoms with Crippen LogP contribution in [0.15, 0.2) is 42.5 Å². The number of amides is 2. The zero-order chi connectivity index (χ0) is 22.9. The van der Waals surface area contributed by atoms with E-state index in [4.69, 9.17) is 22.1 Å². The minimum atomic E-state index is -0.367. The second-order valence-corrected chi connectivity index (χ2v) is 9.28. The zero-order valence-corrected chi connectivity index (χ0v) is 20.6. The van der Waals surface area contributed by atoms with Crippen molar-refractivity contribution in [1.82, 2.24) is 4.90 Å². The fourth-order valence-electron chi connectivity index (χ4n) is 5.18. The second-order valence-electron chi connectivity index (χ2n) is 8.84. The molecule has 8 heteroatoms. The van der Waals surface area contributed by atoms with E-state index < -0.39 is 0 Å². The van der Waals surface area contributed by atoms with E-state index in [0.29, 0.717) is 25.2 Å². The summed E-state index contributed by atoms with van der Waals surface area (Å²) in [4.78, 5) is 28.9. The number of methoxy groups -OCH3 is 1. The van der Waals surface area contributed by atoms with Crippen LogP contribution in [0, 0.1) is 6.92 Å². The first-order valence-electron chi connectivity index (χ1n) is 11.1. The highest BCUT2D eigenvalue weighted by molar-refractivity contribution is 6.30. The van der Waals surface area contributed by atoms with Gasteiger partial charge in [-0.1, -0.05) is 23.7 Å². The Bertz CT molecular complexity index is 1020. The molecular weight excluding hydrogens is 461 g/mol. The van der Waals surface area contributed by atoms with Crippen molar-refractivity contribution < 1.29 is 14.3 Å². The molecule has 0 radical (unpaired) electrons. The summed E-state index contributed by atoms with van der Waals surface area (Å²) in [6.45, 7) is 3.78. The molecule has 6 nitrogen and oxygen atoms in total. The van der Waals surface area contributed by atoms with Crippen LogP contribution in [0.3, 0.4) is 0 Å². The van der Waals surface area contributed by atoms with Gasteiger partial charge in [-0.25, -0.2) is 9.59 Å². The Morgan fingerprint density at radius 2 is 1.91 bits per heavy atom. The lowest BCUT2D eigenvalue weighted by molar-refractivity contribution is 0.0600. The average Bonchev–Trinajstić information content (AvgIpc) is 3.19. The molecule has 1 heterocycles. The molecule has 33 heavy (non-hydrogen) atoms. The number of benzene rings is 2. The van der Waals surface area contributed by atoms with Crippen molar-refractivity contribution in [3.63, 3.8) is 0 Å². The number of nitrogens with two attached hydrogens (primary N) is 1. The summed E-state index contributed by atoms with van der Waals surface area (Å²) in [7, 11) is 1.37. The highest BCUT2D eigenvalue weighted by Crippen LogP contribution is 2.41. The monoisotopic (exact) mass is 491 g/mol. The van der Waals surface area contributed by atoms with E-state index in [9.17, 15) is 9.59 Å². The zero-order valence-electron chi connectivity index (χ0n) is 19.1. The van der Waals surface area contributed by atoms with Crippen molar-refractivity contribution in [2.45, 2.75) is 44.1 Å². The van der Waals surface area contributed by atoms with Crippen molar-refractivity contribution in [3.8, 4) is 0 Å². The van der Waals surface area contributed by atoms with Crippen LogP contribution >= 0.6 is 24.0 Å². The summed E-state index contributed by atoms with van der Waals surface area (Å²) in [6, 6.07) is 13.7. The maximum Gasteiger partial charge on any atom is 0.338 e. The van der Waals surface area contributed by atoms with Crippen molar-refractivity contribution in [2.75, 3.05) is 31.6 Å². The third-order valence-corrected chi connectivity index (χ3v) is 7.38. The lowest BCUT2D eigenvalue weighted by Gasteiger charge is -2.42. The number of rotatable bonds is 5. The topological polar surface area (TPSA) is 75.9 Å². The van der Waals surface area contributed by atoms with Gasteiger partial charge in [0, 0.05) is 41.8 Å². The molecule has 2 aromatic rings. The Morgan fingerprint density at radius 1 is 1.18 bits per heavy atom. The van der Waals surface area contributed by atoms with E-state index >= 15 is 0 Å². The molecule has 2 amide bonds. The van der Waals surface area contributed by atoms with Crippen LogP contribution in [-0.4, -0.2) is 49.7 Å². The first kappa shape index (κ1) is 25.3. The van der Waals surface area contributed by atoms with Gasteiger partial charge in [0.05, 0.1) is 12.7 Å². The third-order valence-electron chi connectivity index (χ3n) is 7.15. The molecule has 0 unspecified atom stereocenters. The molecule has 1 saturated carbocycles. The molecule has 1 aliphatic carbocycles. The molecule has 0 spiro atoms. The Balaban J connectivity index is 0.00000306. The highest BCUT2D eigenvalue weighted by Gasteiger charge is 2.41. The fourth-order valence-corrected chi connectivity index (χ4v) is 5.37. The van der Waals surface area contributed by atoms with Gasteiger partial charge in [0.25, 0.3) is 0 Å². The molecule has 2 N–H and O–H groups in total. The van der Waals surface area contributed by atoms with Crippen LogP contribution in [-0.2, 0) is 10.2 Å². The smallest absolute Gasteiger partial charge is 0.338 e. The first-order valence-corrected chi connectivity index (χ1v) is 11.5. The van der Waals surface area contributed by atoms with E-state index in [-0.39, 0.29) is 35.9 Å². The van der Waals surface area contributed by atoms with E-state index in [1.54, 1.807) is 11.0 Å². The van der Waals surface area contributed by atoms with Gasteiger partial charge in [0.1, 0.15) is 0 Å². The van der Waals surface area contributed by atoms with E-state index in [1.807, 2.05) is 42.2 Å². The molecule has 0 bridgehead atoms. The van der Waals surface area contributed by atoms with Crippen LogP contribution in [0.25, 0.3) is 0 Å². The minimum absolute atomic E-state index is 0. The minimum Gasteiger partial charge on any atom is -0.465 e. The largest absolute Gasteiger partial charge is 0.465 e. The number of urea groups is 1. The normalized spacial score (nSPS) is 22.8. The predicted octanol–water partition coefficient (Wildman–Crippen LogP) is 4.94. The number of halogens is 2. The number of esters is 1. The van der Waals surface area contributed by atoms with Gasteiger partial charge in [0.15, 0.2) is 0 Å². The van der Waals surface area contributed by atoms with Gasteiger partial charge in [0.2, 0.25) is 0 Å². The average molecular weight is 492 g/mol. The molecule has 4 rings (SSSR count). The molecule has 178 valence electrons. The Kier molecular flexibility index (Phi) is 7.93. The lowest BCUT2D eigenvalue weighted by Crippen LogP contribution is -2.46. The fraction of sp³-hybridized carbons (Fsp3) is 0.440. The maximum absolute atomic E-state index is 13.3. The molecule has 0 aromatic heterocycles. The molecule has 1 aliphatic heterocycles. The maximum atomic E-state index is 13.3. The summed E-state index contributed by atoms with van der Waals surface area (Å²) < 4.78 is 4.82. The second kappa shape index (κ2) is 10.3. The molecule has 0 atom stereocenters. The van der Waals surface area contributed by atoms with Crippen molar-refractivity contribution in [1.29, 1.82) is 0 Å². The van der Waals surface area contributed by atoms with E-state index in [2.05, 4.69) is 6.07 Å². The number of carbonyl (C=O) groups is 2. The Labute approximate surface area is 206 Å². The SMILES string of the molecule is COC(=O)c1ccc(N2CCN([C@H]3CC[C@](CN)(c4cccc(Cl)c4)CC3)C2=O)cc1C.Cl. The number of anilines is 1. The number of carbonyl (C=O) groups excluding carboxylic acids is 2. The molecular formula is C25H31Cl2N3O3. The summed E-state index contributed by atoms with van der Waals surface area (Å²) in [5, 5.41) is 0.733. The Morgan fingerprint density at radius 3 is 2.52 bits per heavy atom. The van der Waals surface area contributed by atoms with Gasteiger partial charge >= 0.3 is 12.0 Å². The van der Waals surface area contributed by atoms with Gasteiger partial charge in [-0.05, 0) is 74.1 Å². The molecule has 2 aliphatic rings. The van der Waals surface area contributed by atoms with Gasteiger partial charge in [-0.3, -0.25) is 4.90 Å². The summed E-state index contributed by atoms with van der Waals surface area (Å²) in [5.41, 5.74) is 9.49. The number of ether oxygens (including phenoxy) is 1. The predicted molar refractivity (Wildman–Crippen MR) is 134 cm³/mol. The molecule has 2 aromatic carbocycles. The van der Waals surface area contributed by atoms with E-state index in [1.165, 1.54) is 12.7 Å². The van der Waals surface area contributed by atoms with Crippen LogP contribution in [0.4, 0.5) is 10.5 Å². The number of hydrogen-bond acceptors (Lipinski definition) is 4. The van der Waals surface area contributed by atoms with Gasteiger partial charge < -0.3 is 15.4 Å². The quantitative estimate of drug-likeness (QED) is 0.600. The molecule has 1 saturated heterocycles. The molecule has 2 fully saturated rings. The first-order chi connectivity index (χ1) is 15.4. The van der Waals surface area contributed by atoms with Crippen LogP contribution in [0.1, 0.15) is 47.2 Å². The van der Waals surface area contributed by atoms with E-state index in [0.717, 1.165) is 42.0 Å². The number of hydrogen-bond donors (Lipinski definition) is 1. The summed E-state index contributed by atoms with van der Waals surface area (Å²) in [5.74, 6) is -0.367. The van der Waals surface area contributed by atoms with Crippen molar-refractivity contribution in [3.05, 3.63) is 64.2 Å². The summed E-state index contributed by atoms with van der Waals surface area (Å²) in [6.07, 6.45) is 3.71. The van der Waals surface area contributed by atoms with Crippen LogP contribution < -0.4 is 10.6 Å². The van der Waals surface area contributed by atoms with Crippen LogP contribution in [0.2, 0.25) is 5.02 Å². The summed E-state index contributed by atoms with van der Waals surface area (Å²) >= 11 is 6.23. The standard InChI is InChI=1S/C25H30ClN3O3.ClH/c1-17-14-21(6-7-22(17)23(30)32-2)29-13-12-28(24(29)31)20-8-10-25(16-27,11-9-20)18-4-3-5-19(26)15-18;/h3-7,14-15,20H,8-13,16,27H2,1-2H3;1H/t20-,25-;. The van der Waals surface area contributed by atoms with Crippen molar-refractivity contribution >= 4 is 41.7 Å². The lowest BCUT2D eigenvalue weighted by atomic mass is 9.68. The third kappa shape index (κ3) is 4.84. The Hall–Kier alpha value is -2.28. The van der Waals surface area contributed by atoms with Gasteiger partial charge in [-0.15, -0.1) is 12.4 Å². The van der Waals surface area contributed by atoms with Gasteiger partial charge in [-0.2, -0.15) is 0 Å².